The van der Waals surface area contributed by atoms with Gasteiger partial charge in [-0.05, 0) is 0 Å². The van der Waals surface area contributed by atoms with E-state index in [-0.39, 0.29) is 24.4 Å². The molecular formula is C12H18O4. The van der Waals surface area contributed by atoms with Gasteiger partial charge in [-0.3, -0.25) is 0 Å². The first-order valence-corrected chi connectivity index (χ1v) is 5.49. The summed E-state index contributed by atoms with van der Waals surface area (Å²) in [5, 5.41) is 0. The van der Waals surface area contributed by atoms with Crippen molar-refractivity contribution in [2.75, 3.05) is 27.4 Å². The van der Waals surface area contributed by atoms with E-state index >= 15 is 0 Å². The van der Waals surface area contributed by atoms with E-state index in [2.05, 4.69) is 12.2 Å². The fourth-order valence-electron chi connectivity index (χ4n) is 1.99. The van der Waals surface area contributed by atoms with Gasteiger partial charge in [0.25, 0.3) is 0 Å². The average molecular weight is 226 g/mol. The van der Waals surface area contributed by atoms with E-state index in [0.717, 1.165) is 0 Å². The van der Waals surface area contributed by atoms with Crippen LogP contribution >= 0.6 is 0 Å². The molecule has 2 aliphatic rings. The van der Waals surface area contributed by atoms with Crippen LogP contribution in [0.15, 0.2) is 24.3 Å². The first-order valence-electron chi connectivity index (χ1n) is 5.49. The number of allylic oxidation sites excluding steroid dienone is 2. The van der Waals surface area contributed by atoms with Crippen LogP contribution in [0, 0.1) is 5.92 Å². The van der Waals surface area contributed by atoms with Crippen LogP contribution in [-0.2, 0) is 18.9 Å². The van der Waals surface area contributed by atoms with Gasteiger partial charge in [0.2, 0.25) is 0 Å². The quantitative estimate of drug-likeness (QED) is 0.704. The fourth-order valence-corrected chi connectivity index (χ4v) is 1.99. The van der Waals surface area contributed by atoms with E-state index in [9.17, 15) is 0 Å². The third kappa shape index (κ3) is 2.52. The smallest absolute Gasteiger partial charge is 0.168 e. The Balaban J connectivity index is 1.93. The number of rotatable bonds is 5. The zero-order valence-electron chi connectivity index (χ0n) is 9.67. The molecule has 0 unspecified atom stereocenters. The van der Waals surface area contributed by atoms with Crippen molar-refractivity contribution in [3.8, 4) is 0 Å². The maximum atomic E-state index is 5.82. The van der Waals surface area contributed by atoms with Crippen LogP contribution < -0.4 is 0 Å². The van der Waals surface area contributed by atoms with Gasteiger partial charge in [0.1, 0.15) is 12.2 Å². The highest BCUT2D eigenvalue weighted by molar-refractivity contribution is 5.18. The largest absolute Gasteiger partial charge is 0.382 e. The van der Waals surface area contributed by atoms with Crippen LogP contribution in [0.1, 0.15) is 0 Å². The molecule has 0 saturated carbocycles. The molecule has 2 rings (SSSR count). The van der Waals surface area contributed by atoms with E-state index in [0.29, 0.717) is 13.2 Å². The van der Waals surface area contributed by atoms with Crippen molar-refractivity contribution in [1.29, 1.82) is 0 Å². The van der Waals surface area contributed by atoms with Crippen molar-refractivity contribution in [2.24, 2.45) is 5.92 Å². The molecule has 1 saturated heterocycles. The highest BCUT2D eigenvalue weighted by Crippen LogP contribution is 2.28. The number of methoxy groups -OCH3 is 2. The monoisotopic (exact) mass is 226 g/mol. The molecule has 0 aromatic rings. The molecule has 0 aromatic carbocycles. The third-order valence-electron chi connectivity index (χ3n) is 2.79. The highest BCUT2D eigenvalue weighted by atomic mass is 16.7. The summed E-state index contributed by atoms with van der Waals surface area (Å²) in [6.45, 7) is 1.06. The van der Waals surface area contributed by atoms with E-state index in [4.69, 9.17) is 18.9 Å². The molecule has 0 spiro atoms. The lowest BCUT2D eigenvalue weighted by Gasteiger charge is -2.14. The predicted octanol–water partition coefficient (Wildman–Crippen LogP) is 1.13. The minimum absolute atomic E-state index is 0.0441. The SMILES string of the molecule is COC[C@@H]1OC(C2C=CC=C2)O[C@H]1COC. The maximum Gasteiger partial charge on any atom is 0.168 e. The second-order valence-electron chi connectivity index (χ2n) is 3.98. The Bertz CT molecular complexity index is 248. The van der Waals surface area contributed by atoms with Crippen LogP contribution in [-0.4, -0.2) is 45.9 Å². The van der Waals surface area contributed by atoms with E-state index < -0.39 is 0 Å². The van der Waals surface area contributed by atoms with Gasteiger partial charge < -0.3 is 18.9 Å². The normalized spacial score (nSPS) is 30.6. The molecule has 2 atom stereocenters. The van der Waals surface area contributed by atoms with E-state index in [1.807, 2.05) is 12.2 Å². The molecule has 1 aliphatic heterocycles. The van der Waals surface area contributed by atoms with Crippen molar-refractivity contribution in [2.45, 2.75) is 18.5 Å². The fraction of sp³-hybridized carbons (Fsp3) is 0.667. The summed E-state index contributed by atoms with van der Waals surface area (Å²) in [7, 11) is 3.33. The summed E-state index contributed by atoms with van der Waals surface area (Å²) in [5.41, 5.74) is 0. The van der Waals surface area contributed by atoms with Crippen molar-refractivity contribution < 1.29 is 18.9 Å². The molecule has 0 aromatic heterocycles. The molecule has 4 nitrogen and oxygen atoms in total. The summed E-state index contributed by atoms with van der Waals surface area (Å²) in [5.74, 6) is 0.209. The first kappa shape index (κ1) is 11.8. The second kappa shape index (κ2) is 5.59. The van der Waals surface area contributed by atoms with Crippen LogP contribution in [0.25, 0.3) is 0 Å². The van der Waals surface area contributed by atoms with Crippen LogP contribution in [0.5, 0.6) is 0 Å². The lowest BCUT2D eigenvalue weighted by molar-refractivity contribution is -0.0909. The zero-order valence-corrected chi connectivity index (χ0v) is 9.67. The summed E-state index contributed by atoms with van der Waals surface area (Å²) in [4.78, 5) is 0. The van der Waals surface area contributed by atoms with Gasteiger partial charge >= 0.3 is 0 Å². The van der Waals surface area contributed by atoms with Gasteiger partial charge in [-0.2, -0.15) is 0 Å². The lowest BCUT2D eigenvalue weighted by Crippen LogP contribution is -2.30. The predicted molar refractivity (Wildman–Crippen MR) is 59.1 cm³/mol. The molecule has 0 amide bonds. The Hall–Kier alpha value is -0.680. The highest BCUT2D eigenvalue weighted by Gasteiger charge is 2.38. The van der Waals surface area contributed by atoms with Gasteiger partial charge in [-0.25, -0.2) is 0 Å². The van der Waals surface area contributed by atoms with Crippen LogP contribution in [0.2, 0.25) is 0 Å². The molecule has 0 N–H and O–H groups in total. The lowest BCUT2D eigenvalue weighted by atomic mass is 10.2. The van der Waals surface area contributed by atoms with Gasteiger partial charge in [-0.15, -0.1) is 0 Å². The van der Waals surface area contributed by atoms with E-state index in [1.54, 1.807) is 14.2 Å². The number of hydrogen-bond acceptors (Lipinski definition) is 4. The molecule has 1 heterocycles. The van der Waals surface area contributed by atoms with Gasteiger partial charge in [0.05, 0.1) is 13.2 Å². The second-order valence-corrected chi connectivity index (χ2v) is 3.98. The minimum atomic E-state index is -0.213. The van der Waals surface area contributed by atoms with Crippen molar-refractivity contribution in [3.63, 3.8) is 0 Å². The summed E-state index contributed by atoms with van der Waals surface area (Å²) in [6.07, 6.45) is 7.86. The summed E-state index contributed by atoms with van der Waals surface area (Å²) >= 11 is 0. The topological polar surface area (TPSA) is 36.9 Å². The molecule has 0 radical (unpaired) electrons. The summed E-state index contributed by atoms with van der Waals surface area (Å²) in [6, 6.07) is 0. The van der Waals surface area contributed by atoms with Crippen LogP contribution in [0.4, 0.5) is 0 Å². The van der Waals surface area contributed by atoms with Crippen molar-refractivity contribution in [3.05, 3.63) is 24.3 Å². The van der Waals surface area contributed by atoms with Gasteiger partial charge in [-0.1, -0.05) is 24.3 Å². The summed E-state index contributed by atoms with van der Waals surface area (Å²) < 4.78 is 21.9. The minimum Gasteiger partial charge on any atom is -0.382 e. The maximum absolute atomic E-state index is 5.82. The number of ether oxygens (including phenoxy) is 4. The molecule has 1 fully saturated rings. The molecule has 1 aliphatic carbocycles. The molecule has 0 bridgehead atoms. The molecular weight excluding hydrogens is 208 g/mol. The molecule has 16 heavy (non-hydrogen) atoms. The number of hydrogen-bond donors (Lipinski definition) is 0. The third-order valence-corrected chi connectivity index (χ3v) is 2.79. The Morgan fingerprint density at radius 1 is 0.938 bits per heavy atom. The Kier molecular flexibility index (Phi) is 4.12. The molecule has 90 valence electrons. The van der Waals surface area contributed by atoms with Crippen molar-refractivity contribution >= 4 is 0 Å². The average Bonchev–Trinajstić information content (AvgIpc) is 2.89. The van der Waals surface area contributed by atoms with E-state index in [1.165, 1.54) is 0 Å². The van der Waals surface area contributed by atoms with Gasteiger partial charge in [0, 0.05) is 20.1 Å². The Labute approximate surface area is 95.8 Å². The molecule has 4 heteroatoms. The van der Waals surface area contributed by atoms with Crippen LogP contribution in [0.3, 0.4) is 0 Å². The standard InChI is InChI=1S/C12H18O4/c1-13-7-10-11(8-14-2)16-12(15-10)9-5-3-4-6-9/h3-6,9-12H,7-8H2,1-2H3/t10-,11-/m0/s1. The zero-order chi connectivity index (χ0) is 11.4. The Morgan fingerprint density at radius 3 is 1.88 bits per heavy atom. The van der Waals surface area contributed by atoms with Gasteiger partial charge in [0.15, 0.2) is 6.29 Å². The first-order chi connectivity index (χ1) is 7.85. The van der Waals surface area contributed by atoms with Crippen molar-refractivity contribution in [1.82, 2.24) is 0 Å². The Morgan fingerprint density at radius 2 is 1.44 bits per heavy atom.